The van der Waals surface area contributed by atoms with Crippen molar-refractivity contribution in [1.29, 1.82) is 0 Å². The lowest BCUT2D eigenvalue weighted by Crippen LogP contribution is -2.44. The number of nitrogens with zero attached hydrogens (tertiary/aromatic N) is 3. The second kappa shape index (κ2) is 12.4. The van der Waals surface area contributed by atoms with E-state index in [9.17, 15) is 31.9 Å². The van der Waals surface area contributed by atoms with Crippen LogP contribution in [0.15, 0.2) is 51.1 Å². The van der Waals surface area contributed by atoms with E-state index in [1.165, 1.54) is 21.7 Å². The summed E-state index contributed by atoms with van der Waals surface area (Å²) >= 11 is 7.53. The maximum Gasteiger partial charge on any atom is 0.338 e. The molecule has 2 aromatic rings. The summed E-state index contributed by atoms with van der Waals surface area (Å²) in [4.78, 5) is 33.7. The predicted octanol–water partition coefficient (Wildman–Crippen LogP) is 4.45. The quantitative estimate of drug-likeness (QED) is 0.230. The Labute approximate surface area is 256 Å². The van der Waals surface area contributed by atoms with Crippen molar-refractivity contribution in [2.75, 3.05) is 25.4 Å². The Morgan fingerprint density at radius 3 is 2.58 bits per heavy atom. The molecule has 5 rings (SSSR count). The molecule has 0 saturated carbocycles. The highest BCUT2D eigenvalue weighted by Gasteiger charge is 2.40. The first kappa shape index (κ1) is 31.2. The topological polar surface area (TPSA) is 138 Å². The smallest absolute Gasteiger partial charge is 0.338 e. The zero-order chi connectivity index (χ0) is 31.1. The van der Waals surface area contributed by atoms with E-state index >= 15 is 0 Å². The van der Waals surface area contributed by atoms with Crippen molar-refractivity contribution < 1.29 is 36.6 Å². The van der Waals surface area contributed by atoms with Gasteiger partial charge in [0.25, 0.3) is 0 Å². The average Bonchev–Trinajstić information content (AvgIpc) is 3.52. The molecule has 1 saturated heterocycles. The van der Waals surface area contributed by atoms with Crippen molar-refractivity contribution in [3.63, 3.8) is 0 Å². The standard InChI is InChI=1S/C28H29ClF2N4O6S2/c1-3-41-28(38)20-23(15-6-9-35(10-7-15)43(39,40)13-16-12-18(14(16)2)27(36)37)33-25(26-32-8-11-42-26)34-24(20)17-4-5-19(30)22(31)21(17)29/h4-5,8,11,15,18,24H,3,6-7,9-10,12-13H2,1-2H3,(H,33,34)(H,36,37)/t18-,24-/m1/s1. The number of hydrogen-bond donors (Lipinski definition) is 2. The summed E-state index contributed by atoms with van der Waals surface area (Å²) < 4.78 is 61.8. The third-order valence-electron chi connectivity index (χ3n) is 8.01. The van der Waals surface area contributed by atoms with Gasteiger partial charge in [0.1, 0.15) is 6.04 Å². The molecule has 2 atom stereocenters. The number of amidine groups is 1. The maximum atomic E-state index is 14.6. The van der Waals surface area contributed by atoms with Gasteiger partial charge in [-0.2, -0.15) is 0 Å². The maximum absolute atomic E-state index is 14.6. The van der Waals surface area contributed by atoms with Gasteiger partial charge in [-0.25, -0.2) is 31.3 Å². The van der Waals surface area contributed by atoms with Crippen LogP contribution in [0.3, 0.4) is 0 Å². The lowest BCUT2D eigenvalue weighted by atomic mass is 9.79. The number of hydrogen-bond acceptors (Lipinski definition) is 9. The number of benzene rings is 1. The summed E-state index contributed by atoms with van der Waals surface area (Å²) in [6, 6.07) is 1.05. The fraction of sp³-hybridized carbons (Fsp3) is 0.429. The SMILES string of the molecule is CCOC(=O)C1=C(C2CCN(S(=O)(=O)CC3=C(C)[C@H](C(=O)O)C3)CC2)NC(c2nccs2)=N[C@@H]1c1ccc(F)c(F)c1Cl. The minimum absolute atomic E-state index is 0.0472. The van der Waals surface area contributed by atoms with Crippen LogP contribution in [0.2, 0.25) is 5.02 Å². The molecular weight excluding hydrogens is 626 g/mol. The normalized spacial score (nSPS) is 21.7. The molecular formula is C28H29ClF2N4O6S2. The van der Waals surface area contributed by atoms with Crippen LogP contribution >= 0.6 is 22.9 Å². The van der Waals surface area contributed by atoms with Gasteiger partial charge >= 0.3 is 11.9 Å². The molecule has 230 valence electrons. The van der Waals surface area contributed by atoms with Crippen molar-refractivity contribution in [1.82, 2.24) is 14.6 Å². The Bertz CT molecular complexity index is 1650. The number of thiazole rings is 1. The summed E-state index contributed by atoms with van der Waals surface area (Å²) in [5.41, 5.74) is 1.78. The molecule has 0 bridgehead atoms. The Balaban J connectivity index is 1.47. The number of carboxylic acid groups (broad SMARTS) is 1. The molecule has 3 aliphatic rings. The molecule has 1 aliphatic carbocycles. The Morgan fingerprint density at radius 1 is 1.26 bits per heavy atom. The van der Waals surface area contributed by atoms with Gasteiger partial charge in [0.05, 0.1) is 28.9 Å². The number of carbonyl (C=O) groups excluding carboxylic acids is 1. The van der Waals surface area contributed by atoms with Crippen molar-refractivity contribution in [2.24, 2.45) is 16.8 Å². The number of carboxylic acids is 1. The molecule has 1 aromatic heterocycles. The third kappa shape index (κ3) is 6.10. The van der Waals surface area contributed by atoms with Crippen molar-refractivity contribution in [3.05, 3.63) is 73.4 Å². The van der Waals surface area contributed by atoms with Crippen LogP contribution in [-0.4, -0.2) is 66.0 Å². The number of rotatable bonds is 9. The fourth-order valence-corrected chi connectivity index (χ4v) is 8.18. The number of aromatic nitrogens is 1. The molecule has 0 amide bonds. The van der Waals surface area contributed by atoms with Gasteiger partial charge in [-0.1, -0.05) is 28.8 Å². The highest BCUT2D eigenvalue weighted by atomic mass is 35.5. The van der Waals surface area contributed by atoms with E-state index in [2.05, 4.69) is 15.3 Å². The molecule has 3 heterocycles. The van der Waals surface area contributed by atoms with Crippen LogP contribution in [-0.2, 0) is 24.3 Å². The molecule has 0 spiro atoms. The average molecular weight is 655 g/mol. The van der Waals surface area contributed by atoms with Gasteiger partial charge in [0.2, 0.25) is 10.0 Å². The molecule has 0 unspecified atom stereocenters. The first-order valence-electron chi connectivity index (χ1n) is 13.6. The first-order valence-corrected chi connectivity index (χ1v) is 16.5. The van der Waals surface area contributed by atoms with Gasteiger partial charge < -0.3 is 15.2 Å². The number of ether oxygens (including phenoxy) is 1. The highest BCUT2D eigenvalue weighted by molar-refractivity contribution is 7.89. The summed E-state index contributed by atoms with van der Waals surface area (Å²) in [6.45, 7) is 3.65. The van der Waals surface area contributed by atoms with Crippen LogP contribution in [0.5, 0.6) is 0 Å². The number of allylic oxidation sites excluding steroid dienone is 1. The minimum atomic E-state index is -3.70. The summed E-state index contributed by atoms with van der Waals surface area (Å²) in [6.07, 6.45) is 2.46. The molecule has 1 fully saturated rings. The molecule has 0 radical (unpaired) electrons. The van der Waals surface area contributed by atoms with Crippen LogP contribution in [0.1, 0.15) is 49.7 Å². The Hall–Kier alpha value is -3.20. The number of piperidine rings is 1. The first-order chi connectivity index (χ1) is 20.4. The summed E-state index contributed by atoms with van der Waals surface area (Å²) in [5, 5.41) is 14.2. The number of aliphatic carboxylic acids is 1. The van der Waals surface area contributed by atoms with E-state index in [-0.39, 0.29) is 48.9 Å². The van der Waals surface area contributed by atoms with E-state index in [0.29, 0.717) is 40.5 Å². The number of carbonyl (C=O) groups is 2. The van der Waals surface area contributed by atoms with E-state index < -0.39 is 50.6 Å². The molecule has 10 nitrogen and oxygen atoms in total. The van der Waals surface area contributed by atoms with Crippen molar-refractivity contribution in [2.45, 2.75) is 39.2 Å². The van der Waals surface area contributed by atoms with Crippen molar-refractivity contribution >= 4 is 50.7 Å². The number of esters is 1. The van der Waals surface area contributed by atoms with Gasteiger partial charge in [-0.3, -0.25) is 9.79 Å². The van der Waals surface area contributed by atoms with E-state index in [1.54, 1.807) is 25.4 Å². The second-order valence-electron chi connectivity index (χ2n) is 10.5. The molecule has 15 heteroatoms. The fourth-order valence-electron chi connectivity index (χ4n) is 5.60. The molecule has 2 N–H and O–H groups in total. The third-order valence-corrected chi connectivity index (χ3v) is 11.0. The highest BCUT2D eigenvalue weighted by Crippen LogP contribution is 2.41. The second-order valence-corrected chi connectivity index (χ2v) is 13.7. The van der Waals surface area contributed by atoms with E-state index in [0.717, 1.165) is 6.07 Å². The number of aliphatic imine (C=N–C) groups is 1. The predicted molar refractivity (Wildman–Crippen MR) is 156 cm³/mol. The van der Waals surface area contributed by atoms with Gasteiger partial charge in [-0.05, 0) is 39.2 Å². The lowest BCUT2D eigenvalue weighted by Gasteiger charge is -2.37. The molecule has 1 aromatic carbocycles. The molecule has 2 aliphatic heterocycles. The van der Waals surface area contributed by atoms with Crippen molar-refractivity contribution in [3.8, 4) is 0 Å². The van der Waals surface area contributed by atoms with E-state index in [1.807, 2.05) is 0 Å². The largest absolute Gasteiger partial charge is 0.481 e. The summed E-state index contributed by atoms with van der Waals surface area (Å²) in [5.74, 6) is -5.01. The van der Waals surface area contributed by atoms with Gasteiger partial charge in [0.15, 0.2) is 22.5 Å². The van der Waals surface area contributed by atoms with Crippen LogP contribution in [0, 0.1) is 23.5 Å². The monoisotopic (exact) mass is 654 g/mol. The lowest BCUT2D eigenvalue weighted by molar-refractivity contribution is -0.141. The van der Waals surface area contributed by atoms with Crippen LogP contribution in [0.25, 0.3) is 0 Å². The van der Waals surface area contributed by atoms with Crippen LogP contribution < -0.4 is 5.32 Å². The number of halogens is 3. The zero-order valence-electron chi connectivity index (χ0n) is 23.3. The zero-order valence-corrected chi connectivity index (χ0v) is 25.7. The van der Waals surface area contributed by atoms with Gasteiger partial charge in [-0.15, -0.1) is 11.3 Å². The number of sulfonamides is 1. The number of nitrogens with one attached hydrogen (secondary N) is 1. The van der Waals surface area contributed by atoms with Crippen LogP contribution in [0.4, 0.5) is 8.78 Å². The minimum Gasteiger partial charge on any atom is -0.481 e. The Kier molecular flexibility index (Phi) is 9.02. The summed E-state index contributed by atoms with van der Waals surface area (Å²) in [7, 11) is -3.70. The van der Waals surface area contributed by atoms with Gasteiger partial charge in [0, 0.05) is 41.8 Å². The Morgan fingerprint density at radius 2 is 1.98 bits per heavy atom. The molecule has 43 heavy (non-hydrogen) atoms. The van der Waals surface area contributed by atoms with E-state index in [4.69, 9.17) is 16.3 Å².